The summed E-state index contributed by atoms with van der Waals surface area (Å²) in [5.41, 5.74) is 0. The summed E-state index contributed by atoms with van der Waals surface area (Å²) >= 11 is 0. The van der Waals surface area contributed by atoms with Gasteiger partial charge in [0.15, 0.2) is 0 Å². The number of carbonyl (C=O) groups excluding carboxylic acids is 1. The van der Waals surface area contributed by atoms with Gasteiger partial charge >= 0.3 is 29.9 Å². The fourth-order valence-electron chi connectivity index (χ4n) is 0.836. The van der Waals surface area contributed by atoms with Gasteiger partial charge in [-0.15, -0.1) is 0 Å². The Morgan fingerprint density at radius 3 is 1.60 bits per heavy atom. The first-order valence-corrected chi connectivity index (χ1v) is 4.96. The van der Waals surface area contributed by atoms with Gasteiger partial charge in [-0.1, -0.05) is 13.8 Å². The Morgan fingerprint density at radius 2 is 1.30 bits per heavy atom. The summed E-state index contributed by atoms with van der Waals surface area (Å²) in [6.45, 7) is 1.75. The minimum Gasteiger partial charge on any atom is -0.461 e. The Kier molecular flexibility index (Phi) is 5.01. The monoisotopic (exact) mass is 320 g/mol. The van der Waals surface area contributed by atoms with E-state index in [9.17, 15) is 44.3 Å². The number of esters is 1. The van der Waals surface area contributed by atoms with Crippen LogP contribution in [0.15, 0.2) is 0 Å². The van der Waals surface area contributed by atoms with Crippen LogP contribution in [-0.4, -0.2) is 36.5 Å². The molecule has 0 unspecified atom stereocenters. The van der Waals surface area contributed by atoms with Crippen molar-refractivity contribution in [2.75, 3.05) is 6.61 Å². The minimum atomic E-state index is -7.10. The van der Waals surface area contributed by atoms with Gasteiger partial charge < -0.3 is 4.74 Å². The minimum absolute atomic E-state index is 0.619. The van der Waals surface area contributed by atoms with Gasteiger partial charge in [0.05, 0.1) is 6.61 Å². The number of alkyl halides is 9. The van der Waals surface area contributed by atoms with Crippen molar-refractivity contribution in [1.29, 1.82) is 0 Å². The molecule has 11 heteroatoms. The summed E-state index contributed by atoms with van der Waals surface area (Å²) in [6, 6.07) is 0. The van der Waals surface area contributed by atoms with E-state index in [0.29, 0.717) is 0 Å². The summed E-state index contributed by atoms with van der Waals surface area (Å²) in [5, 5.41) is 0. The van der Waals surface area contributed by atoms with Crippen LogP contribution in [0.25, 0.3) is 0 Å². The summed E-state index contributed by atoms with van der Waals surface area (Å²) in [5.74, 6) is -24.2. The van der Waals surface area contributed by atoms with Crippen molar-refractivity contribution < 1.29 is 49.0 Å². The first-order chi connectivity index (χ1) is 8.59. The van der Waals surface area contributed by atoms with E-state index >= 15 is 0 Å². The van der Waals surface area contributed by atoms with Gasteiger partial charge in [-0.2, -0.15) is 39.5 Å². The highest BCUT2D eigenvalue weighted by Gasteiger charge is 2.84. The molecule has 2 nitrogen and oxygen atoms in total. The zero-order valence-corrected chi connectivity index (χ0v) is 10.0. The predicted molar refractivity (Wildman–Crippen MR) is 46.7 cm³/mol. The second kappa shape index (κ2) is 5.32. The molecule has 0 atom stereocenters. The van der Waals surface area contributed by atoms with Crippen LogP contribution in [-0.2, 0) is 9.53 Å². The van der Waals surface area contributed by atoms with Crippen LogP contribution in [0.1, 0.15) is 13.8 Å². The van der Waals surface area contributed by atoms with Crippen molar-refractivity contribution in [1.82, 2.24) is 0 Å². The maximum absolute atomic E-state index is 12.9. The molecule has 0 aromatic heterocycles. The molecule has 0 spiro atoms. The molecule has 0 amide bonds. The molecule has 0 N–H and O–H groups in total. The van der Waals surface area contributed by atoms with Crippen molar-refractivity contribution >= 4 is 5.97 Å². The largest absolute Gasteiger partial charge is 0.461 e. The fourth-order valence-corrected chi connectivity index (χ4v) is 0.836. The third kappa shape index (κ3) is 3.11. The Bertz CT molecular complexity index is 359. The smallest absolute Gasteiger partial charge is 0.460 e. The van der Waals surface area contributed by atoms with Gasteiger partial charge in [-0.25, -0.2) is 4.79 Å². The van der Waals surface area contributed by atoms with E-state index in [2.05, 4.69) is 4.74 Å². The zero-order chi connectivity index (χ0) is 16.6. The molecule has 20 heavy (non-hydrogen) atoms. The third-order valence-corrected chi connectivity index (χ3v) is 1.95. The molecule has 0 aliphatic carbocycles. The molecule has 0 heterocycles. The molecule has 0 saturated heterocycles. The lowest BCUT2D eigenvalue weighted by molar-refractivity contribution is -0.390. The Morgan fingerprint density at radius 1 is 0.900 bits per heavy atom. The van der Waals surface area contributed by atoms with Crippen LogP contribution in [0.3, 0.4) is 0 Å². The van der Waals surface area contributed by atoms with Gasteiger partial charge in [-0.3, -0.25) is 0 Å². The molecular formula is C9H9F9O2. The summed E-state index contributed by atoms with van der Waals surface area (Å²) in [7, 11) is 0. The highest BCUT2D eigenvalue weighted by Crippen LogP contribution is 2.53. The lowest BCUT2D eigenvalue weighted by atomic mass is 10.0. The summed E-state index contributed by atoms with van der Waals surface area (Å²) < 4.78 is 115. The molecule has 0 aromatic carbocycles. The van der Waals surface area contributed by atoms with Gasteiger partial charge in [0.2, 0.25) is 0 Å². The highest BCUT2D eigenvalue weighted by molar-refractivity contribution is 5.79. The number of carbonyl (C=O) groups is 1. The van der Waals surface area contributed by atoms with E-state index in [0.717, 1.165) is 0 Å². The van der Waals surface area contributed by atoms with Crippen LogP contribution < -0.4 is 0 Å². The van der Waals surface area contributed by atoms with E-state index in [4.69, 9.17) is 0 Å². The zero-order valence-electron chi connectivity index (χ0n) is 10.0. The maximum atomic E-state index is 12.9. The van der Waals surface area contributed by atoms with Crippen molar-refractivity contribution in [2.24, 2.45) is 5.92 Å². The number of hydrogen-bond donors (Lipinski definition) is 0. The molecular weight excluding hydrogens is 311 g/mol. The second-order valence-electron chi connectivity index (χ2n) is 4.21. The molecule has 0 aliphatic rings. The second-order valence-corrected chi connectivity index (χ2v) is 4.21. The average molecular weight is 320 g/mol. The molecule has 0 aromatic rings. The van der Waals surface area contributed by atoms with Crippen LogP contribution >= 0.6 is 0 Å². The maximum Gasteiger partial charge on any atom is 0.460 e. The summed E-state index contributed by atoms with van der Waals surface area (Å²) in [4.78, 5) is 10.6. The predicted octanol–water partition coefficient (Wildman–Crippen LogP) is 3.65. The van der Waals surface area contributed by atoms with Gasteiger partial charge in [-0.05, 0) is 5.92 Å². The van der Waals surface area contributed by atoms with E-state index in [1.54, 1.807) is 0 Å². The van der Waals surface area contributed by atoms with Crippen LogP contribution in [0.2, 0.25) is 0 Å². The standard InChI is InChI=1S/C9H9F9O2/c1-4(2)3-20-5(19)6(10,11)7(12,13)8(14,15)9(16,17)18/h4H,3H2,1-2H3. The van der Waals surface area contributed by atoms with Crippen molar-refractivity contribution in [3.63, 3.8) is 0 Å². The van der Waals surface area contributed by atoms with Crippen molar-refractivity contribution in [3.05, 3.63) is 0 Å². The fraction of sp³-hybridized carbons (Fsp3) is 0.889. The van der Waals surface area contributed by atoms with E-state index in [-0.39, 0.29) is 0 Å². The molecule has 0 fully saturated rings. The number of ether oxygens (including phenoxy) is 1. The van der Waals surface area contributed by atoms with Gasteiger partial charge in [0.1, 0.15) is 0 Å². The normalized spacial score (nSPS) is 14.6. The Hall–Kier alpha value is -1.16. The van der Waals surface area contributed by atoms with Crippen molar-refractivity contribution in [2.45, 2.75) is 37.8 Å². The SMILES string of the molecule is CC(C)COC(=O)C(F)(F)C(F)(F)C(F)(F)C(F)(F)F. The first-order valence-electron chi connectivity index (χ1n) is 4.96. The molecule has 0 saturated carbocycles. The molecule has 0 bridgehead atoms. The van der Waals surface area contributed by atoms with Crippen LogP contribution in [0.5, 0.6) is 0 Å². The quantitative estimate of drug-likeness (QED) is 0.571. The first kappa shape index (κ1) is 18.8. The van der Waals surface area contributed by atoms with Gasteiger partial charge in [0.25, 0.3) is 0 Å². The lowest BCUT2D eigenvalue weighted by Crippen LogP contribution is -2.63. The third-order valence-electron chi connectivity index (χ3n) is 1.95. The van der Waals surface area contributed by atoms with E-state index in [1.165, 1.54) is 13.8 Å². The molecule has 120 valence electrons. The topological polar surface area (TPSA) is 26.3 Å². The molecule has 0 radical (unpaired) electrons. The summed E-state index contributed by atoms with van der Waals surface area (Å²) in [6.07, 6.45) is -6.96. The lowest BCUT2D eigenvalue weighted by Gasteiger charge is -2.32. The highest BCUT2D eigenvalue weighted by atomic mass is 19.4. The van der Waals surface area contributed by atoms with E-state index < -0.39 is 42.4 Å². The Balaban J connectivity index is 5.41. The van der Waals surface area contributed by atoms with Crippen molar-refractivity contribution in [3.8, 4) is 0 Å². The van der Waals surface area contributed by atoms with Gasteiger partial charge in [0, 0.05) is 0 Å². The molecule has 0 rings (SSSR count). The van der Waals surface area contributed by atoms with E-state index in [1.807, 2.05) is 0 Å². The van der Waals surface area contributed by atoms with Crippen LogP contribution in [0, 0.1) is 5.92 Å². The number of hydrogen-bond acceptors (Lipinski definition) is 2. The number of halogens is 9. The number of rotatable bonds is 5. The Labute approximate surface area is 106 Å². The molecule has 0 aliphatic heterocycles. The van der Waals surface area contributed by atoms with Crippen LogP contribution in [0.4, 0.5) is 39.5 Å². The average Bonchev–Trinajstić information content (AvgIpc) is 2.23.